The number of aliphatic imine (C=N–C) groups is 1. The molecule has 0 amide bonds. The van der Waals surface area contributed by atoms with Crippen molar-refractivity contribution in [3.8, 4) is 0 Å². The molecule has 0 saturated carbocycles. The minimum absolute atomic E-state index is 0. The van der Waals surface area contributed by atoms with Crippen LogP contribution in [-0.2, 0) is 12.7 Å². The Kier molecular flexibility index (Phi) is 6.75. The number of thiazole rings is 1. The monoisotopic (exact) mass is 380 g/mol. The average molecular weight is 380 g/mol. The zero-order valence-electron chi connectivity index (χ0n) is 8.91. The summed E-state index contributed by atoms with van der Waals surface area (Å²) >= 11 is 0.915. The van der Waals surface area contributed by atoms with E-state index in [1.165, 1.54) is 0 Å². The average Bonchev–Trinajstić information content (AvgIpc) is 2.63. The fourth-order valence-electron chi connectivity index (χ4n) is 0.904. The van der Waals surface area contributed by atoms with Gasteiger partial charge in [-0.15, -0.1) is 35.3 Å². The number of nitrogens with one attached hydrogen (secondary N) is 1. The lowest BCUT2D eigenvalue weighted by Gasteiger charge is -2.00. The molecule has 0 aliphatic rings. The number of alkyl halides is 3. The number of guanidine groups is 1. The molecule has 0 unspecified atom stereocenters. The molecule has 0 aliphatic carbocycles. The van der Waals surface area contributed by atoms with Crippen LogP contribution in [0.1, 0.15) is 17.6 Å². The highest BCUT2D eigenvalue weighted by atomic mass is 127. The van der Waals surface area contributed by atoms with Crippen molar-refractivity contribution in [1.29, 1.82) is 0 Å². The number of rotatable bonds is 3. The van der Waals surface area contributed by atoms with Crippen LogP contribution in [0.15, 0.2) is 10.4 Å². The van der Waals surface area contributed by atoms with Crippen molar-refractivity contribution >= 4 is 41.3 Å². The van der Waals surface area contributed by atoms with E-state index in [4.69, 9.17) is 5.73 Å². The van der Waals surface area contributed by atoms with Gasteiger partial charge in [-0.1, -0.05) is 0 Å². The molecular formula is C8H12F3IN4S. The highest BCUT2D eigenvalue weighted by molar-refractivity contribution is 14.0. The number of nitrogens with zero attached hydrogens (tertiary/aromatic N) is 2. The van der Waals surface area contributed by atoms with E-state index in [1.54, 1.807) is 0 Å². The Hall–Kier alpha value is -0.580. The fraction of sp³-hybridized carbons (Fsp3) is 0.500. The number of halogens is 4. The third-order valence-electron chi connectivity index (χ3n) is 1.58. The summed E-state index contributed by atoms with van der Waals surface area (Å²) in [6.45, 7) is 2.51. The second kappa shape index (κ2) is 6.99. The molecule has 0 fully saturated rings. The third-order valence-corrected chi connectivity index (χ3v) is 2.42. The van der Waals surface area contributed by atoms with Gasteiger partial charge in [-0.3, -0.25) is 0 Å². The van der Waals surface area contributed by atoms with Crippen LogP contribution in [0.2, 0.25) is 0 Å². The van der Waals surface area contributed by atoms with Crippen LogP contribution in [0, 0.1) is 0 Å². The van der Waals surface area contributed by atoms with E-state index < -0.39 is 11.9 Å². The Bertz CT molecular complexity index is 377. The zero-order valence-corrected chi connectivity index (χ0v) is 12.1. The summed E-state index contributed by atoms with van der Waals surface area (Å²) in [6.07, 6.45) is -4.40. The Morgan fingerprint density at radius 1 is 1.59 bits per heavy atom. The first kappa shape index (κ1) is 16.4. The second-order valence-electron chi connectivity index (χ2n) is 2.86. The molecule has 1 heterocycles. The van der Waals surface area contributed by atoms with E-state index in [2.05, 4.69) is 15.3 Å². The summed E-state index contributed by atoms with van der Waals surface area (Å²) in [5.74, 6) is 0.200. The molecule has 1 aromatic heterocycles. The molecular weight excluding hydrogens is 368 g/mol. The van der Waals surface area contributed by atoms with Crippen molar-refractivity contribution in [1.82, 2.24) is 10.3 Å². The summed E-state index contributed by atoms with van der Waals surface area (Å²) in [7, 11) is 0. The van der Waals surface area contributed by atoms with Crippen LogP contribution in [-0.4, -0.2) is 17.5 Å². The van der Waals surface area contributed by atoms with Crippen LogP contribution in [0.3, 0.4) is 0 Å². The molecule has 98 valence electrons. The number of nitrogens with two attached hydrogens (primary N) is 1. The second-order valence-corrected chi connectivity index (χ2v) is 3.80. The molecule has 0 aromatic carbocycles. The van der Waals surface area contributed by atoms with Gasteiger partial charge < -0.3 is 11.1 Å². The summed E-state index contributed by atoms with van der Waals surface area (Å²) in [5.41, 5.74) is 4.53. The van der Waals surface area contributed by atoms with Crippen molar-refractivity contribution in [2.75, 3.05) is 6.54 Å². The van der Waals surface area contributed by atoms with Gasteiger partial charge in [-0.2, -0.15) is 13.2 Å². The molecule has 0 saturated heterocycles. The van der Waals surface area contributed by atoms with Gasteiger partial charge in [0.25, 0.3) is 0 Å². The third kappa shape index (κ3) is 5.52. The number of aromatic nitrogens is 1. The first-order chi connectivity index (χ1) is 7.43. The minimum atomic E-state index is -4.40. The molecule has 0 bridgehead atoms. The van der Waals surface area contributed by atoms with E-state index in [0.717, 1.165) is 16.7 Å². The molecule has 0 atom stereocenters. The van der Waals surface area contributed by atoms with E-state index in [1.807, 2.05) is 6.92 Å². The van der Waals surface area contributed by atoms with Gasteiger partial charge in [0.15, 0.2) is 11.7 Å². The highest BCUT2D eigenvalue weighted by Crippen LogP contribution is 2.30. The van der Waals surface area contributed by atoms with Gasteiger partial charge in [-0.25, -0.2) is 9.98 Å². The number of hydrogen-bond donors (Lipinski definition) is 2. The lowest BCUT2D eigenvalue weighted by molar-refractivity contribution is -0.140. The molecule has 3 N–H and O–H groups in total. The number of hydrogen-bond acceptors (Lipinski definition) is 3. The van der Waals surface area contributed by atoms with Crippen molar-refractivity contribution in [3.05, 3.63) is 16.1 Å². The molecule has 0 aliphatic heterocycles. The maximum absolute atomic E-state index is 12.2. The lowest BCUT2D eigenvalue weighted by atomic mass is 10.5. The summed E-state index contributed by atoms with van der Waals surface area (Å²) in [5, 5.41) is 3.99. The molecule has 9 heteroatoms. The Labute approximate surface area is 118 Å². The largest absolute Gasteiger partial charge is 0.434 e. The van der Waals surface area contributed by atoms with Gasteiger partial charge in [-0.05, 0) is 6.92 Å². The zero-order chi connectivity index (χ0) is 12.2. The predicted molar refractivity (Wildman–Crippen MR) is 71.5 cm³/mol. The van der Waals surface area contributed by atoms with Crippen LogP contribution in [0.5, 0.6) is 0 Å². The topological polar surface area (TPSA) is 63.3 Å². The van der Waals surface area contributed by atoms with E-state index in [-0.39, 0.29) is 41.5 Å². The maximum Gasteiger partial charge on any atom is 0.434 e. The molecule has 0 spiro atoms. The minimum Gasteiger partial charge on any atom is -0.370 e. The maximum atomic E-state index is 12.2. The first-order valence-corrected chi connectivity index (χ1v) is 5.37. The highest BCUT2D eigenvalue weighted by Gasteiger charge is 2.33. The van der Waals surface area contributed by atoms with E-state index in [0.29, 0.717) is 6.54 Å². The van der Waals surface area contributed by atoms with Gasteiger partial charge in [0, 0.05) is 11.9 Å². The Morgan fingerprint density at radius 2 is 2.24 bits per heavy atom. The molecule has 4 nitrogen and oxygen atoms in total. The first-order valence-electron chi connectivity index (χ1n) is 4.49. The van der Waals surface area contributed by atoms with Crippen molar-refractivity contribution in [2.45, 2.75) is 19.6 Å². The normalized spacial score (nSPS) is 12.1. The smallest absolute Gasteiger partial charge is 0.370 e. The van der Waals surface area contributed by atoms with Crippen LogP contribution < -0.4 is 11.1 Å². The van der Waals surface area contributed by atoms with Gasteiger partial charge in [0.1, 0.15) is 5.01 Å². The Balaban J connectivity index is 0.00000256. The standard InChI is InChI=1S/C8H11F3N4S.HI/c1-2-13-7(12)14-3-6-15-5(4-16-6)8(9,10)11;/h4H,2-3H2,1H3,(H3,12,13,14);1H. The molecule has 1 rings (SSSR count). The van der Waals surface area contributed by atoms with E-state index in [9.17, 15) is 13.2 Å². The summed E-state index contributed by atoms with van der Waals surface area (Å²) in [6, 6.07) is 0. The van der Waals surface area contributed by atoms with Crippen molar-refractivity contribution < 1.29 is 13.2 Å². The molecule has 17 heavy (non-hydrogen) atoms. The fourth-order valence-corrected chi connectivity index (χ4v) is 1.63. The van der Waals surface area contributed by atoms with Crippen molar-refractivity contribution in [3.63, 3.8) is 0 Å². The van der Waals surface area contributed by atoms with Crippen LogP contribution >= 0.6 is 35.3 Å². The summed E-state index contributed by atoms with van der Waals surface area (Å²) < 4.78 is 36.6. The van der Waals surface area contributed by atoms with Crippen molar-refractivity contribution in [2.24, 2.45) is 10.7 Å². The van der Waals surface area contributed by atoms with E-state index >= 15 is 0 Å². The molecule has 0 radical (unpaired) electrons. The van der Waals surface area contributed by atoms with Gasteiger partial charge in [0.05, 0.1) is 6.54 Å². The predicted octanol–water partition coefficient (Wildman–Crippen LogP) is 2.20. The van der Waals surface area contributed by atoms with Crippen LogP contribution in [0.25, 0.3) is 0 Å². The van der Waals surface area contributed by atoms with Gasteiger partial charge in [0.2, 0.25) is 0 Å². The molecule has 1 aromatic rings. The van der Waals surface area contributed by atoms with Crippen LogP contribution in [0.4, 0.5) is 13.2 Å². The SMILES string of the molecule is CCNC(N)=NCc1nc(C(F)(F)F)cs1.I. The van der Waals surface area contributed by atoms with Gasteiger partial charge >= 0.3 is 6.18 Å². The lowest BCUT2D eigenvalue weighted by Crippen LogP contribution is -2.31. The quantitative estimate of drug-likeness (QED) is 0.480. The Morgan fingerprint density at radius 3 is 2.71 bits per heavy atom. The summed E-state index contributed by atoms with van der Waals surface area (Å²) in [4.78, 5) is 7.26.